The number of halogens is 1. The Kier molecular flexibility index (Phi) is 7.42. The molecule has 2 atom stereocenters. The number of rotatable bonds is 5. The van der Waals surface area contributed by atoms with Crippen molar-refractivity contribution in [3.63, 3.8) is 0 Å². The normalized spacial score (nSPS) is 12.5. The Bertz CT molecular complexity index is 673. The molecule has 0 radical (unpaired) electrons. The van der Waals surface area contributed by atoms with Gasteiger partial charge in [-0.25, -0.2) is 4.79 Å². The van der Waals surface area contributed by atoms with Gasteiger partial charge < -0.3 is 15.2 Å². The highest BCUT2D eigenvalue weighted by molar-refractivity contribution is 5.90. The van der Waals surface area contributed by atoms with Crippen LogP contribution in [0.15, 0.2) is 54.6 Å². The van der Waals surface area contributed by atoms with Crippen LogP contribution in [0.2, 0.25) is 0 Å². The molecule has 0 aliphatic heterocycles. The van der Waals surface area contributed by atoms with Crippen molar-refractivity contribution in [1.29, 1.82) is 0 Å². The van der Waals surface area contributed by atoms with Gasteiger partial charge in [-0.2, -0.15) is 0 Å². The molecule has 2 N–H and O–H groups in total. The standard InChI is InChI=1S/C18H19NO4.ClH/c1-12(16(19)18(21)22-2)23-17(20)15-10-8-14(9-11-15)13-6-4-3-5-7-13;/h3-12,16H,19H2,1-2H3;1H/t12-,16-;/m0./s1. The molecule has 0 bridgehead atoms. The Hall–Kier alpha value is -2.37. The lowest BCUT2D eigenvalue weighted by atomic mass is 10.0. The van der Waals surface area contributed by atoms with E-state index >= 15 is 0 Å². The molecule has 6 heteroatoms. The van der Waals surface area contributed by atoms with E-state index in [1.165, 1.54) is 7.11 Å². The summed E-state index contributed by atoms with van der Waals surface area (Å²) >= 11 is 0. The molecule has 0 spiro atoms. The van der Waals surface area contributed by atoms with Crippen molar-refractivity contribution in [2.75, 3.05) is 7.11 Å². The molecule has 0 fully saturated rings. The molecule has 24 heavy (non-hydrogen) atoms. The number of hydrogen-bond donors (Lipinski definition) is 1. The molecule has 0 unspecified atom stereocenters. The van der Waals surface area contributed by atoms with Crippen molar-refractivity contribution >= 4 is 24.3 Å². The fourth-order valence-electron chi connectivity index (χ4n) is 2.07. The number of hydrogen-bond acceptors (Lipinski definition) is 5. The third-order valence-corrected chi connectivity index (χ3v) is 3.50. The van der Waals surface area contributed by atoms with Gasteiger partial charge in [-0.1, -0.05) is 42.5 Å². The van der Waals surface area contributed by atoms with Crippen molar-refractivity contribution in [3.05, 3.63) is 60.2 Å². The van der Waals surface area contributed by atoms with Crippen LogP contribution in [0.4, 0.5) is 0 Å². The third-order valence-electron chi connectivity index (χ3n) is 3.50. The van der Waals surface area contributed by atoms with Crippen molar-refractivity contribution < 1.29 is 19.1 Å². The lowest BCUT2D eigenvalue weighted by molar-refractivity contribution is -0.144. The molecule has 0 saturated carbocycles. The second-order valence-corrected chi connectivity index (χ2v) is 5.10. The zero-order valence-corrected chi connectivity index (χ0v) is 14.3. The van der Waals surface area contributed by atoms with Gasteiger partial charge in [0.2, 0.25) is 0 Å². The van der Waals surface area contributed by atoms with Gasteiger partial charge in [-0.05, 0) is 30.2 Å². The predicted molar refractivity (Wildman–Crippen MR) is 94.0 cm³/mol. The smallest absolute Gasteiger partial charge is 0.338 e. The Morgan fingerprint density at radius 3 is 2.04 bits per heavy atom. The highest BCUT2D eigenvalue weighted by Gasteiger charge is 2.25. The average Bonchev–Trinajstić information content (AvgIpc) is 2.61. The fraction of sp³-hybridized carbons (Fsp3) is 0.222. The number of methoxy groups -OCH3 is 1. The molecular weight excluding hydrogens is 330 g/mol. The first-order valence-electron chi connectivity index (χ1n) is 7.23. The minimum absolute atomic E-state index is 0. The maximum atomic E-state index is 12.1. The summed E-state index contributed by atoms with van der Waals surface area (Å²) in [5.41, 5.74) is 8.11. The van der Waals surface area contributed by atoms with Crippen LogP contribution in [-0.2, 0) is 14.3 Å². The molecule has 128 valence electrons. The summed E-state index contributed by atoms with van der Waals surface area (Å²) in [6.45, 7) is 1.55. The van der Waals surface area contributed by atoms with E-state index in [1.807, 2.05) is 42.5 Å². The first kappa shape index (κ1) is 19.7. The number of nitrogens with two attached hydrogens (primary N) is 1. The van der Waals surface area contributed by atoms with E-state index in [1.54, 1.807) is 19.1 Å². The zero-order chi connectivity index (χ0) is 16.8. The van der Waals surface area contributed by atoms with E-state index in [2.05, 4.69) is 4.74 Å². The van der Waals surface area contributed by atoms with Crippen LogP contribution in [0, 0.1) is 0 Å². The van der Waals surface area contributed by atoms with Gasteiger partial charge in [0, 0.05) is 0 Å². The fourth-order valence-corrected chi connectivity index (χ4v) is 2.07. The number of ether oxygens (including phenoxy) is 2. The Morgan fingerprint density at radius 1 is 0.958 bits per heavy atom. The average molecular weight is 350 g/mol. The lowest BCUT2D eigenvalue weighted by Crippen LogP contribution is -2.43. The van der Waals surface area contributed by atoms with Crippen LogP contribution < -0.4 is 5.73 Å². The van der Waals surface area contributed by atoms with Gasteiger partial charge in [0.1, 0.15) is 12.1 Å². The van der Waals surface area contributed by atoms with Gasteiger partial charge in [0.25, 0.3) is 0 Å². The number of carbonyl (C=O) groups is 2. The van der Waals surface area contributed by atoms with E-state index in [0.717, 1.165) is 11.1 Å². The molecule has 2 aromatic carbocycles. The van der Waals surface area contributed by atoms with Crippen LogP contribution in [0.1, 0.15) is 17.3 Å². The SMILES string of the molecule is COC(=O)[C@@H](N)[C@H](C)OC(=O)c1ccc(-c2ccccc2)cc1.Cl. The zero-order valence-electron chi connectivity index (χ0n) is 13.5. The van der Waals surface area contributed by atoms with E-state index in [4.69, 9.17) is 10.5 Å². The molecule has 0 aliphatic rings. The van der Waals surface area contributed by atoms with Crippen LogP contribution in [-0.4, -0.2) is 31.2 Å². The summed E-state index contributed by atoms with van der Waals surface area (Å²) in [6, 6.07) is 15.9. The number of carbonyl (C=O) groups excluding carboxylic acids is 2. The number of esters is 2. The molecule has 0 saturated heterocycles. The van der Waals surface area contributed by atoms with Crippen molar-refractivity contribution in [1.82, 2.24) is 0 Å². The first-order chi connectivity index (χ1) is 11.0. The molecule has 0 heterocycles. The highest BCUT2D eigenvalue weighted by Crippen LogP contribution is 2.19. The second-order valence-electron chi connectivity index (χ2n) is 5.10. The van der Waals surface area contributed by atoms with Gasteiger partial charge >= 0.3 is 11.9 Å². The topological polar surface area (TPSA) is 78.6 Å². The van der Waals surface area contributed by atoms with Crippen molar-refractivity contribution in [2.45, 2.75) is 19.1 Å². The predicted octanol–water partition coefficient (Wildman–Crippen LogP) is 2.82. The van der Waals surface area contributed by atoms with E-state index in [9.17, 15) is 9.59 Å². The van der Waals surface area contributed by atoms with E-state index in [0.29, 0.717) is 5.56 Å². The third kappa shape index (κ3) is 4.81. The Balaban J connectivity index is 0.00000288. The minimum Gasteiger partial charge on any atom is -0.468 e. The quantitative estimate of drug-likeness (QED) is 0.840. The summed E-state index contributed by atoms with van der Waals surface area (Å²) in [5, 5.41) is 0. The van der Waals surface area contributed by atoms with E-state index < -0.39 is 24.1 Å². The highest BCUT2D eigenvalue weighted by atomic mass is 35.5. The molecule has 0 aromatic heterocycles. The summed E-state index contributed by atoms with van der Waals surface area (Å²) in [5.74, 6) is -1.15. The Labute approximate surface area is 147 Å². The minimum atomic E-state index is -1.01. The van der Waals surface area contributed by atoms with E-state index in [-0.39, 0.29) is 12.4 Å². The first-order valence-corrected chi connectivity index (χ1v) is 7.23. The molecule has 5 nitrogen and oxygen atoms in total. The largest absolute Gasteiger partial charge is 0.468 e. The molecule has 2 rings (SSSR count). The van der Waals surface area contributed by atoms with Gasteiger partial charge in [0.05, 0.1) is 12.7 Å². The summed E-state index contributed by atoms with van der Waals surface area (Å²) in [4.78, 5) is 23.4. The monoisotopic (exact) mass is 349 g/mol. The van der Waals surface area contributed by atoms with Crippen LogP contribution in [0.5, 0.6) is 0 Å². The summed E-state index contributed by atoms with van der Waals surface area (Å²) in [6.07, 6.45) is -0.774. The van der Waals surface area contributed by atoms with Crippen LogP contribution >= 0.6 is 12.4 Å². The van der Waals surface area contributed by atoms with Crippen molar-refractivity contribution in [2.24, 2.45) is 5.73 Å². The maximum absolute atomic E-state index is 12.1. The molecule has 0 amide bonds. The van der Waals surface area contributed by atoms with Gasteiger partial charge in [0.15, 0.2) is 0 Å². The summed E-state index contributed by atoms with van der Waals surface area (Å²) in [7, 11) is 1.24. The maximum Gasteiger partial charge on any atom is 0.338 e. The van der Waals surface area contributed by atoms with Gasteiger partial charge in [-0.15, -0.1) is 12.4 Å². The lowest BCUT2D eigenvalue weighted by Gasteiger charge is -2.18. The van der Waals surface area contributed by atoms with Crippen molar-refractivity contribution in [3.8, 4) is 11.1 Å². The van der Waals surface area contributed by atoms with Crippen LogP contribution in [0.3, 0.4) is 0 Å². The van der Waals surface area contributed by atoms with Crippen LogP contribution in [0.25, 0.3) is 11.1 Å². The number of benzene rings is 2. The molecular formula is C18H20ClNO4. The molecule has 2 aromatic rings. The molecule has 0 aliphatic carbocycles. The van der Waals surface area contributed by atoms with Gasteiger partial charge in [-0.3, -0.25) is 4.79 Å². The second kappa shape index (κ2) is 9.05. The summed E-state index contributed by atoms with van der Waals surface area (Å²) < 4.78 is 9.73. The Morgan fingerprint density at radius 2 is 1.50 bits per heavy atom.